The van der Waals surface area contributed by atoms with Gasteiger partial charge < -0.3 is 9.80 Å². The summed E-state index contributed by atoms with van der Waals surface area (Å²) in [6.07, 6.45) is 5.39. The van der Waals surface area contributed by atoms with Crippen LogP contribution in [0.1, 0.15) is 12.7 Å². The van der Waals surface area contributed by atoms with Gasteiger partial charge in [-0.2, -0.15) is 0 Å². The molecule has 3 aromatic heterocycles. The number of aryl methyl sites for hydroxylation is 1. The van der Waals surface area contributed by atoms with Crippen LogP contribution in [0.4, 0.5) is 11.5 Å². The van der Waals surface area contributed by atoms with E-state index in [1.165, 1.54) is 5.69 Å². The molecule has 3 aromatic rings. The topological polar surface area (TPSA) is 62.5 Å². The van der Waals surface area contributed by atoms with Crippen molar-refractivity contribution in [3.63, 3.8) is 0 Å². The maximum atomic E-state index is 4.71. The zero-order valence-corrected chi connectivity index (χ0v) is 13.3. The van der Waals surface area contributed by atoms with Crippen molar-refractivity contribution in [2.24, 2.45) is 0 Å². The highest BCUT2D eigenvalue weighted by Gasteiger charge is 2.25. The van der Waals surface area contributed by atoms with Crippen molar-refractivity contribution in [1.29, 1.82) is 0 Å². The number of aromatic nitrogens is 5. The normalized spacial score (nSPS) is 18.6. The van der Waals surface area contributed by atoms with Gasteiger partial charge in [-0.1, -0.05) is 0 Å². The summed E-state index contributed by atoms with van der Waals surface area (Å²) < 4.78 is 1.90. The number of hydrogen-bond acceptors (Lipinski definition) is 6. The second-order valence-electron chi connectivity index (χ2n) is 5.91. The minimum Gasteiger partial charge on any atom is -0.365 e. The maximum Gasteiger partial charge on any atom is 0.165 e. The summed E-state index contributed by atoms with van der Waals surface area (Å²) in [5.74, 6) is 1.89. The second kappa shape index (κ2) is 5.49. The molecule has 7 nitrogen and oxygen atoms in total. The van der Waals surface area contributed by atoms with Gasteiger partial charge in [0.1, 0.15) is 18.0 Å². The largest absolute Gasteiger partial charge is 0.365 e. The third-order valence-electron chi connectivity index (χ3n) is 4.40. The van der Waals surface area contributed by atoms with Crippen molar-refractivity contribution >= 4 is 17.2 Å². The lowest BCUT2D eigenvalue weighted by molar-refractivity contribution is 0.546. The quantitative estimate of drug-likeness (QED) is 0.715. The van der Waals surface area contributed by atoms with Gasteiger partial charge in [0.2, 0.25) is 0 Å². The van der Waals surface area contributed by atoms with E-state index in [9.17, 15) is 0 Å². The van der Waals surface area contributed by atoms with E-state index >= 15 is 0 Å². The molecule has 118 valence electrons. The summed E-state index contributed by atoms with van der Waals surface area (Å²) in [6.45, 7) is 7.05. The zero-order valence-electron chi connectivity index (χ0n) is 13.3. The molecule has 1 unspecified atom stereocenters. The van der Waals surface area contributed by atoms with E-state index in [0.717, 1.165) is 36.9 Å². The average molecular weight is 309 g/mol. The van der Waals surface area contributed by atoms with E-state index in [1.807, 2.05) is 29.8 Å². The first-order chi connectivity index (χ1) is 11.2. The highest BCUT2D eigenvalue weighted by molar-refractivity contribution is 5.54. The number of rotatable bonds is 2. The molecule has 4 rings (SSSR count). The summed E-state index contributed by atoms with van der Waals surface area (Å²) in [7, 11) is 0. The predicted molar refractivity (Wildman–Crippen MR) is 88.8 cm³/mol. The molecule has 4 heterocycles. The molecule has 1 saturated heterocycles. The van der Waals surface area contributed by atoms with E-state index < -0.39 is 0 Å². The van der Waals surface area contributed by atoms with E-state index in [0.29, 0.717) is 6.04 Å². The van der Waals surface area contributed by atoms with Crippen molar-refractivity contribution in [1.82, 2.24) is 24.6 Å². The number of hydrogen-bond donors (Lipinski definition) is 0. The third-order valence-corrected chi connectivity index (χ3v) is 4.40. The highest BCUT2D eigenvalue weighted by Crippen LogP contribution is 2.23. The van der Waals surface area contributed by atoms with Gasteiger partial charge in [-0.3, -0.25) is 9.38 Å². The Bertz CT molecular complexity index is 814. The van der Waals surface area contributed by atoms with Crippen molar-refractivity contribution < 1.29 is 0 Å². The third kappa shape index (κ3) is 2.48. The Balaban J connectivity index is 1.57. The number of pyridine rings is 1. The predicted octanol–water partition coefficient (Wildman–Crippen LogP) is 1.54. The van der Waals surface area contributed by atoms with Crippen molar-refractivity contribution in [2.45, 2.75) is 19.9 Å². The Morgan fingerprint density at radius 2 is 2.00 bits per heavy atom. The van der Waals surface area contributed by atoms with Crippen LogP contribution >= 0.6 is 0 Å². The maximum absolute atomic E-state index is 4.71. The summed E-state index contributed by atoms with van der Waals surface area (Å²) >= 11 is 0. The fraction of sp³-hybridized carbons (Fsp3) is 0.375. The van der Waals surface area contributed by atoms with E-state index in [-0.39, 0.29) is 0 Å². The van der Waals surface area contributed by atoms with Crippen molar-refractivity contribution in [2.75, 3.05) is 29.4 Å². The molecule has 1 aliphatic heterocycles. The molecule has 23 heavy (non-hydrogen) atoms. The van der Waals surface area contributed by atoms with Crippen LogP contribution in [0.3, 0.4) is 0 Å². The van der Waals surface area contributed by atoms with Gasteiger partial charge >= 0.3 is 0 Å². The Hall–Kier alpha value is -2.70. The molecule has 0 N–H and O–H groups in total. The lowest BCUT2D eigenvalue weighted by Crippen LogP contribution is -2.52. The second-order valence-corrected chi connectivity index (χ2v) is 5.91. The molecule has 7 heteroatoms. The molecule has 0 spiro atoms. The molecule has 0 radical (unpaired) electrons. The fourth-order valence-electron chi connectivity index (χ4n) is 3.21. The molecule has 0 bridgehead atoms. The van der Waals surface area contributed by atoms with Crippen molar-refractivity contribution in [3.8, 4) is 0 Å². The van der Waals surface area contributed by atoms with Crippen LogP contribution in [0, 0.1) is 6.92 Å². The van der Waals surface area contributed by atoms with Crippen LogP contribution < -0.4 is 9.80 Å². The number of piperazine rings is 1. The zero-order chi connectivity index (χ0) is 15.8. The number of anilines is 2. The molecule has 1 atom stereocenters. The van der Waals surface area contributed by atoms with Crippen LogP contribution in [0.15, 0.2) is 36.9 Å². The molecular formula is C16H19N7. The molecule has 0 aromatic carbocycles. The summed E-state index contributed by atoms with van der Waals surface area (Å²) in [5, 5.41) is 8.10. The minimum absolute atomic E-state index is 0.405. The van der Waals surface area contributed by atoms with Crippen LogP contribution in [-0.4, -0.2) is 50.2 Å². The van der Waals surface area contributed by atoms with E-state index in [4.69, 9.17) is 4.98 Å². The monoisotopic (exact) mass is 309 g/mol. The molecular weight excluding hydrogens is 290 g/mol. The van der Waals surface area contributed by atoms with Crippen LogP contribution in [-0.2, 0) is 0 Å². The summed E-state index contributed by atoms with van der Waals surface area (Å²) in [5.41, 5.74) is 2.07. The van der Waals surface area contributed by atoms with Gasteiger partial charge in [0.25, 0.3) is 0 Å². The van der Waals surface area contributed by atoms with Crippen LogP contribution in [0.2, 0.25) is 0 Å². The van der Waals surface area contributed by atoms with Gasteiger partial charge in [-0.15, -0.1) is 10.2 Å². The number of fused-ring (bicyclic) bond motifs is 1. The first-order valence-electron chi connectivity index (χ1n) is 7.81. The molecule has 0 amide bonds. The lowest BCUT2D eigenvalue weighted by Gasteiger charge is -2.41. The fourth-order valence-corrected chi connectivity index (χ4v) is 3.21. The van der Waals surface area contributed by atoms with Gasteiger partial charge in [-0.25, -0.2) is 4.98 Å². The van der Waals surface area contributed by atoms with Gasteiger partial charge in [0.05, 0.1) is 0 Å². The van der Waals surface area contributed by atoms with Gasteiger partial charge in [0.15, 0.2) is 5.65 Å². The molecule has 0 aliphatic carbocycles. The van der Waals surface area contributed by atoms with Crippen molar-refractivity contribution in [3.05, 3.63) is 42.7 Å². The van der Waals surface area contributed by atoms with E-state index in [2.05, 4.69) is 44.0 Å². The summed E-state index contributed by atoms with van der Waals surface area (Å²) in [4.78, 5) is 13.5. The molecule has 1 aliphatic rings. The highest BCUT2D eigenvalue weighted by atomic mass is 15.3. The van der Waals surface area contributed by atoms with Gasteiger partial charge in [-0.05, 0) is 26.0 Å². The first kappa shape index (κ1) is 13.9. The number of nitrogens with zero attached hydrogens (tertiary/aromatic N) is 7. The van der Waals surface area contributed by atoms with E-state index in [1.54, 1.807) is 6.33 Å². The SMILES string of the molecule is Cc1nc(N2CCN(c3ccncc3)C(C)C2)cc2nncn12. The first-order valence-corrected chi connectivity index (χ1v) is 7.81. The van der Waals surface area contributed by atoms with Crippen LogP contribution in [0.25, 0.3) is 5.65 Å². The Labute approximate surface area is 134 Å². The minimum atomic E-state index is 0.405. The average Bonchev–Trinajstić information content (AvgIpc) is 3.05. The Kier molecular flexibility index (Phi) is 3.33. The van der Waals surface area contributed by atoms with Gasteiger partial charge in [0, 0.05) is 49.8 Å². The Morgan fingerprint density at radius 1 is 1.17 bits per heavy atom. The van der Waals surface area contributed by atoms with Crippen LogP contribution in [0.5, 0.6) is 0 Å². The smallest absolute Gasteiger partial charge is 0.165 e. The summed E-state index contributed by atoms with van der Waals surface area (Å²) in [6, 6.07) is 6.55. The standard InChI is InChI=1S/C16H19N7/c1-12-10-21(7-8-22(12)14-3-5-17-6-4-14)15-9-16-20-18-11-23(16)13(2)19-15/h3-6,9,11-12H,7-8,10H2,1-2H3. The molecule has 1 fully saturated rings. The lowest BCUT2D eigenvalue weighted by atomic mass is 10.1. The Morgan fingerprint density at radius 3 is 2.78 bits per heavy atom. The molecule has 0 saturated carbocycles.